The Morgan fingerprint density at radius 1 is 1.15 bits per heavy atom. The van der Waals surface area contributed by atoms with Crippen molar-refractivity contribution in [3.8, 4) is 17.1 Å². The van der Waals surface area contributed by atoms with Gasteiger partial charge < -0.3 is 10.1 Å². The van der Waals surface area contributed by atoms with Crippen molar-refractivity contribution in [1.29, 1.82) is 0 Å². The van der Waals surface area contributed by atoms with Crippen molar-refractivity contribution in [1.82, 2.24) is 19.9 Å². The smallest absolute Gasteiger partial charge is 0.233 e. The van der Waals surface area contributed by atoms with Gasteiger partial charge in [-0.2, -0.15) is 0 Å². The van der Waals surface area contributed by atoms with E-state index in [0.717, 1.165) is 5.56 Å². The van der Waals surface area contributed by atoms with Gasteiger partial charge in [-0.3, -0.25) is 14.5 Å². The Balaban J connectivity index is 1.41. The molecule has 3 aromatic rings. The molecule has 1 aliphatic carbocycles. The van der Waals surface area contributed by atoms with Crippen molar-refractivity contribution in [3.05, 3.63) is 54.6 Å². The molecule has 0 spiro atoms. The molecule has 1 saturated carbocycles. The first-order valence-electron chi connectivity index (χ1n) is 11.2. The van der Waals surface area contributed by atoms with Gasteiger partial charge in [-0.15, -0.1) is 0 Å². The molecule has 33 heavy (non-hydrogen) atoms. The predicted molar refractivity (Wildman–Crippen MR) is 131 cm³/mol. The fraction of sp³-hybridized carbons (Fsp3) is 0.375. The average Bonchev–Trinajstić information content (AvgIpc) is 3.63. The highest BCUT2D eigenvalue weighted by molar-refractivity contribution is 8.01. The Labute approximate surface area is 198 Å². The van der Waals surface area contributed by atoms with Gasteiger partial charge in [-0.05, 0) is 63.3 Å². The first-order chi connectivity index (χ1) is 16.0. The molecule has 8 nitrogen and oxygen atoms in total. The molecule has 0 saturated heterocycles. The maximum atomic E-state index is 13.0. The lowest BCUT2D eigenvalue weighted by molar-refractivity contribution is -0.117. The largest absolute Gasteiger partial charge is 0.474 e. The average molecular weight is 465 g/mol. The van der Waals surface area contributed by atoms with E-state index in [2.05, 4.69) is 30.0 Å². The van der Waals surface area contributed by atoms with Crippen molar-refractivity contribution in [2.45, 2.75) is 57.3 Å². The molecule has 2 N–H and O–H groups in total. The number of carbonyl (C=O) groups excluding carboxylic acids is 1. The molecule has 1 unspecified atom stereocenters. The number of anilines is 2. The minimum absolute atomic E-state index is 0.0253. The lowest BCUT2D eigenvalue weighted by Gasteiger charge is -2.15. The zero-order valence-electron chi connectivity index (χ0n) is 19.0. The van der Waals surface area contributed by atoms with Crippen molar-refractivity contribution in [2.24, 2.45) is 0 Å². The van der Waals surface area contributed by atoms with Crippen LogP contribution in [0.25, 0.3) is 11.3 Å². The minimum Gasteiger partial charge on any atom is -0.474 e. The third-order valence-corrected chi connectivity index (χ3v) is 6.12. The summed E-state index contributed by atoms with van der Waals surface area (Å²) < 4.78 is 8.82. The lowest BCUT2D eigenvalue weighted by Crippen LogP contribution is -2.21. The van der Waals surface area contributed by atoms with Crippen LogP contribution in [0.15, 0.2) is 48.9 Å². The summed E-state index contributed by atoms with van der Waals surface area (Å²) in [4.78, 5) is 30.5. The monoisotopic (exact) mass is 464 g/mol. The number of nitrogens with one attached hydrogen (secondary N) is 2. The van der Waals surface area contributed by atoms with Crippen LogP contribution in [0.2, 0.25) is 0 Å². The highest BCUT2D eigenvalue weighted by Gasteiger charge is 2.24. The second-order valence-electron chi connectivity index (χ2n) is 8.16. The highest BCUT2D eigenvalue weighted by atomic mass is 32.2. The van der Waals surface area contributed by atoms with Crippen molar-refractivity contribution in [2.75, 3.05) is 10.0 Å². The van der Waals surface area contributed by atoms with E-state index in [1.165, 1.54) is 12.8 Å². The molecule has 1 aromatic carbocycles. The Morgan fingerprint density at radius 3 is 2.64 bits per heavy atom. The number of benzene rings is 1. The molecule has 1 aliphatic rings. The van der Waals surface area contributed by atoms with Crippen molar-refractivity contribution >= 4 is 29.5 Å². The summed E-state index contributed by atoms with van der Waals surface area (Å²) in [5.74, 6) is 0.566. The second-order valence-corrected chi connectivity index (χ2v) is 9.27. The number of carbonyl (C=O) groups is 1. The molecular weight excluding hydrogens is 436 g/mol. The third-order valence-electron chi connectivity index (χ3n) is 5.02. The summed E-state index contributed by atoms with van der Waals surface area (Å²) in [6, 6.07) is 9.32. The Kier molecular flexibility index (Phi) is 7.39. The quantitative estimate of drug-likeness (QED) is 0.401. The van der Waals surface area contributed by atoms with Crippen molar-refractivity contribution < 1.29 is 9.53 Å². The van der Waals surface area contributed by atoms with E-state index in [4.69, 9.17) is 4.74 Å². The van der Waals surface area contributed by atoms with E-state index in [1.54, 1.807) is 36.6 Å². The Morgan fingerprint density at radius 2 is 1.94 bits per heavy atom. The normalized spacial score (nSPS) is 14.1. The van der Waals surface area contributed by atoms with Crippen LogP contribution < -0.4 is 14.8 Å². The van der Waals surface area contributed by atoms with Crippen LogP contribution in [0.4, 0.5) is 11.6 Å². The number of aromatic nitrogens is 4. The predicted octanol–water partition coefficient (Wildman–Crippen LogP) is 5.08. The van der Waals surface area contributed by atoms with Gasteiger partial charge in [-0.1, -0.05) is 19.1 Å². The summed E-state index contributed by atoms with van der Waals surface area (Å²) >= 11 is 1.64. The van der Waals surface area contributed by atoms with Crippen molar-refractivity contribution in [3.63, 3.8) is 0 Å². The third kappa shape index (κ3) is 6.41. The van der Waals surface area contributed by atoms with Gasteiger partial charge in [0.2, 0.25) is 17.7 Å². The number of nitrogens with zero attached hydrogens (tertiary/aromatic N) is 4. The Hall–Kier alpha value is -3.20. The molecule has 0 bridgehead atoms. The summed E-state index contributed by atoms with van der Waals surface area (Å²) in [7, 11) is 0. The molecule has 0 aliphatic heterocycles. The minimum atomic E-state index is -0.366. The zero-order chi connectivity index (χ0) is 23.2. The maximum absolute atomic E-state index is 13.0. The zero-order valence-corrected chi connectivity index (χ0v) is 19.8. The number of hydrogen-bond donors (Lipinski definition) is 2. The summed E-state index contributed by atoms with van der Waals surface area (Å²) in [6.07, 6.45) is 8.09. The number of ether oxygens (including phenoxy) is 1. The molecule has 4 rings (SSSR count). The van der Waals surface area contributed by atoms with E-state index in [-0.39, 0.29) is 17.9 Å². The van der Waals surface area contributed by atoms with Crippen LogP contribution in [-0.4, -0.2) is 37.2 Å². The maximum Gasteiger partial charge on any atom is 0.233 e. The van der Waals surface area contributed by atoms with Crippen LogP contribution in [0.1, 0.15) is 51.6 Å². The summed E-state index contributed by atoms with van der Waals surface area (Å²) in [5, 5.41) is 3.64. The number of rotatable bonds is 10. The first-order valence-corrected chi connectivity index (χ1v) is 12.0. The topological polar surface area (TPSA) is 102 Å². The standard InChI is InChI=1S/C24H28N6O2S/c1-4-19(20-11-12-26-24(29-20)30-33-18-9-10-18)23(31)27-17-7-5-16(6-8-17)21-13-25-14-22(28-21)32-15(2)3/h5-8,11-15,18-19H,4,9-10H2,1-3H3,(H,27,31)(H,26,29,30). The van der Waals surface area contributed by atoms with Crippen LogP contribution in [0.5, 0.6) is 5.88 Å². The molecule has 1 amide bonds. The molecular formula is C24H28N6O2S. The number of hydrogen-bond acceptors (Lipinski definition) is 8. The van der Waals surface area contributed by atoms with Gasteiger partial charge in [0, 0.05) is 22.7 Å². The van der Waals surface area contributed by atoms with Crippen LogP contribution in [0, 0.1) is 0 Å². The molecule has 172 valence electrons. The molecule has 1 atom stereocenters. The highest BCUT2D eigenvalue weighted by Crippen LogP contribution is 2.34. The van der Waals surface area contributed by atoms with E-state index < -0.39 is 0 Å². The summed E-state index contributed by atoms with van der Waals surface area (Å²) in [6.45, 7) is 5.87. The van der Waals surface area contributed by atoms with E-state index in [0.29, 0.717) is 40.6 Å². The fourth-order valence-electron chi connectivity index (χ4n) is 3.21. The number of amides is 1. The van der Waals surface area contributed by atoms with E-state index in [1.807, 2.05) is 45.0 Å². The van der Waals surface area contributed by atoms with Gasteiger partial charge in [-0.25, -0.2) is 15.0 Å². The van der Waals surface area contributed by atoms with E-state index >= 15 is 0 Å². The van der Waals surface area contributed by atoms with Gasteiger partial charge in [0.15, 0.2) is 0 Å². The van der Waals surface area contributed by atoms with Gasteiger partial charge in [0.25, 0.3) is 0 Å². The first kappa shape index (κ1) is 23.0. The SMILES string of the molecule is CCC(C(=O)Nc1ccc(-c2cncc(OC(C)C)n2)cc1)c1ccnc(NSC2CC2)n1. The second kappa shape index (κ2) is 10.6. The van der Waals surface area contributed by atoms with Crippen LogP contribution in [0.3, 0.4) is 0 Å². The van der Waals surface area contributed by atoms with Gasteiger partial charge in [0.05, 0.1) is 35.8 Å². The Bertz CT molecular complexity index is 1090. The molecule has 1 fully saturated rings. The molecule has 0 radical (unpaired) electrons. The molecule has 2 heterocycles. The molecule has 2 aromatic heterocycles. The van der Waals surface area contributed by atoms with Gasteiger partial charge >= 0.3 is 0 Å². The fourth-order valence-corrected chi connectivity index (χ4v) is 3.95. The molecule has 9 heteroatoms. The van der Waals surface area contributed by atoms with Crippen LogP contribution >= 0.6 is 11.9 Å². The van der Waals surface area contributed by atoms with Gasteiger partial charge in [0.1, 0.15) is 0 Å². The lowest BCUT2D eigenvalue weighted by atomic mass is 10.0. The summed E-state index contributed by atoms with van der Waals surface area (Å²) in [5.41, 5.74) is 3.02. The van der Waals surface area contributed by atoms with Crippen LogP contribution in [-0.2, 0) is 4.79 Å². The van der Waals surface area contributed by atoms with E-state index in [9.17, 15) is 4.79 Å².